The van der Waals surface area contributed by atoms with Gasteiger partial charge in [-0.3, -0.25) is 9.69 Å². The van der Waals surface area contributed by atoms with Crippen LogP contribution in [0.25, 0.3) is 0 Å². The highest BCUT2D eigenvalue weighted by atomic mass is 35.5. The van der Waals surface area contributed by atoms with E-state index in [4.69, 9.17) is 16.3 Å². The van der Waals surface area contributed by atoms with Crippen LogP contribution in [0, 0.1) is 19.7 Å². The third-order valence-corrected chi connectivity index (χ3v) is 5.25. The lowest BCUT2D eigenvalue weighted by atomic mass is 10.1. The second-order valence-electron chi connectivity index (χ2n) is 6.47. The molecule has 0 bridgehead atoms. The van der Waals surface area contributed by atoms with Gasteiger partial charge in [0.1, 0.15) is 12.4 Å². The van der Waals surface area contributed by atoms with Crippen LogP contribution in [0.1, 0.15) is 34.1 Å². The standard InChI is InChI=1S/C21H18ClFN2O3S/c1-12-4-7-19(13(2)8-12)25(14(3)26)21-24-16(11-29-21)10-28-20(27)17-9-15(22)5-6-18(17)23/h4-9,11H,10H2,1-3H3. The molecule has 3 aromatic rings. The van der Waals surface area contributed by atoms with Gasteiger partial charge in [-0.15, -0.1) is 11.3 Å². The van der Waals surface area contributed by atoms with Crippen molar-refractivity contribution < 1.29 is 18.7 Å². The van der Waals surface area contributed by atoms with Crippen molar-refractivity contribution in [3.05, 3.63) is 75.0 Å². The molecule has 1 aromatic heterocycles. The fourth-order valence-corrected chi connectivity index (χ4v) is 3.84. The molecule has 0 spiro atoms. The van der Waals surface area contributed by atoms with Gasteiger partial charge in [-0.05, 0) is 43.7 Å². The highest BCUT2D eigenvalue weighted by Gasteiger charge is 2.20. The zero-order chi connectivity index (χ0) is 21.1. The number of carbonyl (C=O) groups is 2. The van der Waals surface area contributed by atoms with E-state index in [2.05, 4.69) is 4.98 Å². The summed E-state index contributed by atoms with van der Waals surface area (Å²) in [5.74, 6) is -1.73. The number of rotatable bonds is 5. The van der Waals surface area contributed by atoms with E-state index >= 15 is 0 Å². The van der Waals surface area contributed by atoms with Gasteiger partial charge >= 0.3 is 5.97 Å². The number of ether oxygens (including phenoxy) is 1. The zero-order valence-electron chi connectivity index (χ0n) is 16.0. The number of hydrogen-bond acceptors (Lipinski definition) is 5. The lowest BCUT2D eigenvalue weighted by molar-refractivity contribution is -0.115. The first-order chi connectivity index (χ1) is 13.8. The molecule has 8 heteroatoms. The molecule has 0 aliphatic heterocycles. The molecular formula is C21H18ClFN2O3S. The molecule has 0 aliphatic carbocycles. The summed E-state index contributed by atoms with van der Waals surface area (Å²) in [7, 11) is 0. The molecule has 1 amide bonds. The van der Waals surface area contributed by atoms with Gasteiger partial charge in [-0.2, -0.15) is 0 Å². The van der Waals surface area contributed by atoms with Crippen molar-refractivity contribution in [2.24, 2.45) is 0 Å². The Labute approximate surface area is 176 Å². The third kappa shape index (κ3) is 4.81. The van der Waals surface area contributed by atoms with Gasteiger partial charge in [-0.25, -0.2) is 14.2 Å². The molecule has 0 atom stereocenters. The smallest absolute Gasteiger partial charge is 0.341 e. The van der Waals surface area contributed by atoms with E-state index in [1.807, 2.05) is 32.0 Å². The number of esters is 1. The number of nitrogens with zero attached hydrogens (tertiary/aromatic N) is 2. The molecule has 1 heterocycles. The van der Waals surface area contributed by atoms with Crippen LogP contribution in [-0.2, 0) is 16.1 Å². The number of anilines is 2. The van der Waals surface area contributed by atoms with Crippen molar-refractivity contribution in [2.45, 2.75) is 27.4 Å². The number of thiazole rings is 1. The highest BCUT2D eigenvalue weighted by Crippen LogP contribution is 2.32. The quantitative estimate of drug-likeness (QED) is 0.493. The van der Waals surface area contributed by atoms with Gasteiger partial charge in [0.05, 0.1) is 16.9 Å². The monoisotopic (exact) mass is 432 g/mol. The van der Waals surface area contributed by atoms with Crippen molar-refractivity contribution in [2.75, 3.05) is 4.90 Å². The number of halogens is 2. The van der Waals surface area contributed by atoms with Crippen molar-refractivity contribution in [1.29, 1.82) is 0 Å². The second kappa shape index (κ2) is 8.71. The predicted octanol–water partition coefficient (Wildman–Crippen LogP) is 5.59. The lowest BCUT2D eigenvalue weighted by Crippen LogP contribution is -2.23. The van der Waals surface area contributed by atoms with E-state index in [-0.39, 0.29) is 23.1 Å². The Kier molecular flexibility index (Phi) is 6.30. The summed E-state index contributed by atoms with van der Waals surface area (Å²) in [5, 5.41) is 2.39. The van der Waals surface area contributed by atoms with E-state index in [9.17, 15) is 14.0 Å². The fourth-order valence-electron chi connectivity index (χ4n) is 2.80. The summed E-state index contributed by atoms with van der Waals surface area (Å²) in [6.45, 7) is 5.21. The Hall–Kier alpha value is -2.77. The van der Waals surface area contributed by atoms with Gasteiger partial charge in [0.15, 0.2) is 5.13 Å². The molecular weight excluding hydrogens is 415 g/mol. The Bertz CT molecular complexity index is 1080. The first-order valence-electron chi connectivity index (χ1n) is 8.71. The largest absolute Gasteiger partial charge is 0.455 e. The molecule has 150 valence electrons. The Balaban J connectivity index is 1.77. The molecule has 3 rings (SSSR count). The number of amides is 1. The maximum Gasteiger partial charge on any atom is 0.341 e. The van der Waals surface area contributed by atoms with Crippen LogP contribution in [0.15, 0.2) is 41.8 Å². The third-order valence-electron chi connectivity index (χ3n) is 4.14. The summed E-state index contributed by atoms with van der Waals surface area (Å²) >= 11 is 7.06. The molecule has 0 radical (unpaired) electrons. The van der Waals surface area contributed by atoms with Gasteiger partial charge in [0, 0.05) is 17.3 Å². The first-order valence-corrected chi connectivity index (χ1v) is 9.96. The minimum Gasteiger partial charge on any atom is -0.455 e. The number of carbonyl (C=O) groups excluding carboxylic acids is 2. The first kappa shape index (κ1) is 21.0. The molecule has 0 unspecified atom stereocenters. The van der Waals surface area contributed by atoms with Crippen LogP contribution in [0.5, 0.6) is 0 Å². The van der Waals surface area contributed by atoms with Crippen LogP contribution < -0.4 is 4.90 Å². The molecule has 29 heavy (non-hydrogen) atoms. The fraction of sp³-hybridized carbons (Fsp3) is 0.190. The number of hydrogen-bond donors (Lipinski definition) is 0. The van der Waals surface area contributed by atoms with Crippen molar-refractivity contribution in [3.8, 4) is 0 Å². The second-order valence-corrected chi connectivity index (χ2v) is 7.74. The van der Waals surface area contributed by atoms with Crippen LogP contribution >= 0.6 is 22.9 Å². The van der Waals surface area contributed by atoms with Gasteiger partial charge in [-0.1, -0.05) is 29.3 Å². The van der Waals surface area contributed by atoms with Gasteiger partial charge < -0.3 is 4.74 Å². The van der Waals surface area contributed by atoms with Crippen LogP contribution in [0.3, 0.4) is 0 Å². The van der Waals surface area contributed by atoms with Crippen molar-refractivity contribution in [3.63, 3.8) is 0 Å². The van der Waals surface area contributed by atoms with E-state index in [1.165, 1.54) is 35.3 Å². The summed E-state index contributed by atoms with van der Waals surface area (Å²) in [6.07, 6.45) is 0. The van der Waals surface area contributed by atoms with E-state index in [0.717, 1.165) is 22.9 Å². The van der Waals surface area contributed by atoms with Crippen LogP contribution in [0.2, 0.25) is 5.02 Å². The highest BCUT2D eigenvalue weighted by molar-refractivity contribution is 7.14. The summed E-state index contributed by atoms with van der Waals surface area (Å²) < 4.78 is 18.9. The van der Waals surface area contributed by atoms with E-state index in [0.29, 0.717) is 10.8 Å². The average molecular weight is 433 g/mol. The topological polar surface area (TPSA) is 59.5 Å². The molecule has 5 nitrogen and oxygen atoms in total. The van der Waals surface area contributed by atoms with Gasteiger partial charge in [0.25, 0.3) is 0 Å². The minimum absolute atomic E-state index is 0.153. The van der Waals surface area contributed by atoms with E-state index in [1.54, 1.807) is 5.38 Å². The van der Waals surface area contributed by atoms with Gasteiger partial charge in [0.2, 0.25) is 5.91 Å². The van der Waals surface area contributed by atoms with Crippen LogP contribution in [-0.4, -0.2) is 16.9 Å². The Morgan fingerprint density at radius 1 is 1.21 bits per heavy atom. The van der Waals surface area contributed by atoms with Crippen molar-refractivity contribution in [1.82, 2.24) is 4.98 Å². The zero-order valence-corrected chi connectivity index (χ0v) is 17.6. The SMILES string of the molecule is CC(=O)N(c1nc(COC(=O)c2cc(Cl)ccc2F)cs1)c1ccc(C)cc1C. The average Bonchev–Trinajstić information content (AvgIpc) is 3.12. The lowest BCUT2D eigenvalue weighted by Gasteiger charge is -2.20. The maximum absolute atomic E-state index is 13.8. The number of benzene rings is 2. The van der Waals surface area contributed by atoms with E-state index < -0.39 is 11.8 Å². The maximum atomic E-state index is 13.8. The molecule has 2 aromatic carbocycles. The van der Waals surface area contributed by atoms with Crippen molar-refractivity contribution >= 4 is 45.6 Å². The molecule has 0 fully saturated rings. The molecule has 0 aliphatic rings. The number of aromatic nitrogens is 1. The predicted molar refractivity (Wildman–Crippen MR) is 111 cm³/mol. The normalized spacial score (nSPS) is 10.7. The summed E-state index contributed by atoms with van der Waals surface area (Å²) in [6, 6.07) is 9.45. The molecule has 0 saturated carbocycles. The summed E-state index contributed by atoms with van der Waals surface area (Å²) in [4.78, 5) is 30.3. The Morgan fingerprint density at radius 3 is 2.66 bits per heavy atom. The molecule has 0 N–H and O–H groups in total. The number of aryl methyl sites for hydroxylation is 2. The molecule has 0 saturated heterocycles. The minimum atomic E-state index is -0.836. The Morgan fingerprint density at radius 2 is 1.97 bits per heavy atom. The van der Waals surface area contributed by atoms with Crippen LogP contribution in [0.4, 0.5) is 15.2 Å². The summed E-state index contributed by atoms with van der Waals surface area (Å²) in [5.41, 5.74) is 2.99.